The van der Waals surface area contributed by atoms with E-state index in [2.05, 4.69) is 10.3 Å². The molecule has 2 aromatic carbocycles. The second-order valence-corrected chi connectivity index (χ2v) is 6.86. The first-order valence-electron chi connectivity index (χ1n) is 8.71. The predicted octanol–water partition coefficient (Wildman–Crippen LogP) is 2.38. The van der Waals surface area contributed by atoms with Gasteiger partial charge < -0.3 is 5.32 Å². The molecule has 6 nitrogen and oxygen atoms in total. The van der Waals surface area contributed by atoms with Crippen molar-refractivity contribution < 1.29 is 9.18 Å². The highest BCUT2D eigenvalue weighted by Crippen LogP contribution is 2.47. The average molecular weight is 375 g/mol. The minimum Gasteiger partial charge on any atom is -0.340 e. The average Bonchev–Trinajstić information content (AvgIpc) is 2.97. The monoisotopic (exact) mass is 375 g/mol. The summed E-state index contributed by atoms with van der Waals surface area (Å²) >= 11 is 0. The normalized spacial score (nSPS) is 17.1. The zero-order chi connectivity index (χ0) is 19.6. The molecule has 5 rings (SSSR count). The molecule has 2 aliphatic rings. The third-order valence-electron chi connectivity index (χ3n) is 5.32. The number of carbonyl (C=O) groups excluding carboxylic acids is 1. The molecule has 0 fully saturated rings. The maximum atomic E-state index is 14.0. The number of aromatic amines is 1. The summed E-state index contributed by atoms with van der Waals surface area (Å²) in [5.74, 6) is -1.18. The van der Waals surface area contributed by atoms with Crippen LogP contribution >= 0.6 is 0 Å². The number of benzene rings is 2. The van der Waals surface area contributed by atoms with Gasteiger partial charge in [0.05, 0.1) is 11.3 Å². The second-order valence-electron chi connectivity index (χ2n) is 6.86. The van der Waals surface area contributed by atoms with E-state index in [4.69, 9.17) is 0 Å². The topological polar surface area (TPSA) is 84.0 Å². The number of ketones is 1. The van der Waals surface area contributed by atoms with Crippen LogP contribution in [0.3, 0.4) is 0 Å². The third kappa shape index (κ3) is 2.10. The summed E-state index contributed by atoms with van der Waals surface area (Å²) in [5, 5.41) is 3.12. The van der Waals surface area contributed by atoms with E-state index in [1.54, 1.807) is 18.2 Å². The fourth-order valence-electron chi connectivity index (χ4n) is 4.05. The molecule has 0 amide bonds. The first-order valence-corrected chi connectivity index (χ1v) is 8.71. The van der Waals surface area contributed by atoms with Gasteiger partial charge in [-0.05, 0) is 17.7 Å². The Bertz CT molecular complexity index is 1330. The van der Waals surface area contributed by atoms with E-state index in [1.165, 1.54) is 29.8 Å². The summed E-state index contributed by atoms with van der Waals surface area (Å²) in [6.45, 7) is 0. The van der Waals surface area contributed by atoms with Crippen LogP contribution in [0.1, 0.15) is 33.0 Å². The molecule has 0 saturated carbocycles. The maximum Gasteiger partial charge on any atom is 0.329 e. The zero-order valence-electron chi connectivity index (χ0n) is 14.7. The lowest BCUT2D eigenvalue weighted by molar-refractivity contribution is 0.103. The highest BCUT2D eigenvalue weighted by Gasteiger charge is 2.42. The quantitative estimate of drug-likeness (QED) is 0.684. The first kappa shape index (κ1) is 16.4. The molecule has 2 heterocycles. The van der Waals surface area contributed by atoms with Crippen LogP contribution in [0.25, 0.3) is 5.70 Å². The lowest BCUT2D eigenvalue weighted by atomic mass is 9.81. The minimum absolute atomic E-state index is 0.215. The highest BCUT2D eigenvalue weighted by molar-refractivity contribution is 6.23. The van der Waals surface area contributed by atoms with Crippen molar-refractivity contribution in [2.75, 3.05) is 5.32 Å². The molecule has 1 aliphatic heterocycles. The Hall–Kier alpha value is -3.74. The van der Waals surface area contributed by atoms with Crippen LogP contribution in [0, 0.1) is 5.82 Å². The molecule has 0 unspecified atom stereocenters. The summed E-state index contributed by atoms with van der Waals surface area (Å²) in [4.78, 5) is 40.4. The van der Waals surface area contributed by atoms with Gasteiger partial charge in [-0.3, -0.25) is 19.1 Å². The number of hydrogen-bond donors (Lipinski definition) is 2. The van der Waals surface area contributed by atoms with Crippen molar-refractivity contribution in [1.82, 2.24) is 9.55 Å². The molecule has 1 aliphatic carbocycles. The van der Waals surface area contributed by atoms with Crippen LogP contribution in [0.4, 0.5) is 10.2 Å². The minimum atomic E-state index is -0.794. The van der Waals surface area contributed by atoms with E-state index < -0.39 is 23.0 Å². The van der Waals surface area contributed by atoms with E-state index in [1.807, 2.05) is 12.1 Å². The molecule has 28 heavy (non-hydrogen) atoms. The Morgan fingerprint density at radius 1 is 1.00 bits per heavy atom. The Balaban J connectivity index is 1.88. The second kappa shape index (κ2) is 5.63. The molecular formula is C21H14FN3O3. The fourth-order valence-corrected chi connectivity index (χ4v) is 4.05. The van der Waals surface area contributed by atoms with E-state index in [0.29, 0.717) is 33.8 Å². The number of H-pyrrole nitrogens is 1. The molecule has 0 radical (unpaired) electrons. The van der Waals surface area contributed by atoms with Crippen molar-refractivity contribution >= 4 is 17.3 Å². The number of allylic oxidation sites excluding steroid dienone is 1. The van der Waals surface area contributed by atoms with E-state index >= 15 is 0 Å². The summed E-state index contributed by atoms with van der Waals surface area (Å²) < 4.78 is 15.3. The zero-order valence-corrected chi connectivity index (χ0v) is 14.7. The largest absolute Gasteiger partial charge is 0.340 e. The number of hydrogen-bond acceptors (Lipinski definition) is 4. The van der Waals surface area contributed by atoms with Crippen molar-refractivity contribution in [3.8, 4) is 0 Å². The maximum absolute atomic E-state index is 14.0. The van der Waals surface area contributed by atoms with Gasteiger partial charge in [-0.25, -0.2) is 9.18 Å². The van der Waals surface area contributed by atoms with Crippen molar-refractivity contribution in [1.29, 1.82) is 0 Å². The lowest BCUT2D eigenvalue weighted by Crippen LogP contribution is -2.37. The number of nitrogens with one attached hydrogen (secondary N) is 2. The van der Waals surface area contributed by atoms with Gasteiger partial charge in [-0.1, -0.05) is 36.4 Å². The van der Waals surface area contributed by atoms with Gasteiger partial charge in [0.25, 0.3) is 5.56 Å². The number of anilines is 1. The molecule has 1 atom stereocenters. The molecule has 138 valence electrons. The van der Waals surface area contributed by atoms with E-state index in [9.17, 15) is 18.8 Å². The molecule has 2 N–H and O–H groups in total. The van der Waals surface area contributed by atoms with Crippen molar-refractivity contribution in [2.45, 2.75) is 5.92 Å². The van der Waals surface area contributed by atoms with Crippen LogP contribution < -0.4 is 16.6 Å². The van der Waals surface area contributed by atoms with Crippen molar-refractivity contribution in [3.05, 3.63) is 103 Å². The SMILES string of the molecule is Cn1c2c(c(=O)[nH]c1=O)[C@H](c1cccc(F)c1)C1=C(N2)c2ccccc2C1=O. The number of fused-ring (bicyclic) bond motifs is 3. The molecular weight excluding hydrogens is 361 g/mol. The lowest BCUT2D eigenvalue weighted by Gasteiger charge is -2.28. The standard InChI is InChI=1S/C21H14FN3O3/c1-25-19-16(20(27)24-21(25)28)14(10-5-4-6-11(22)9-10)15-17(23-19)12-7-2-3-8-13(12)18(15)26/h2-9,14,23H,1H3,(H,24,27,28)/t14-/m1/s1. The smallest absolute Gasteiger partial charge is 0.329 e. The fraction of sp³-hybridized carbons (Fsp3) is 0.0952. The van der Waals surface area contributed by atoms with Crippen LogP contribution in [-0.2, 0) is 7.05 Å². The van der Waals surface area contributed by atoms with Crippen LogP contribution in [0.2, 0.25) is 0 Å². The first-order chi connectivity index (χ1) is 13.5. The van der Waals surface area contributed by atoms with Crippen molar-refractivity contribution in [3.63, 3.8) is 0 Å². The molecule has 1 aromatic heterocycles. The molecule has 0 bridgehead atoms. The number of halogens is 1. The highest BCUT2D eigenvalue weighted by atomic mass is 19.1. The summed E-state index contributed by atoms with van der Waals surface area (Å²) in [6, 6.07) is 12.9. The number of aromatic nitrogens is 2. The van der Waals surface area contributed by atoms with Gasteiger partial charge in [0.1, 0.15) is 11.6 Å². The summed E-state index contributed by atoms with van der Waals surface area (Å²) in [7, 11) is 1.53. The Kier molecular flexibility index (Phi) is 3.30. The van der Waals surface area contributed by atoms with Gasteiger partial charge in [0, 0.05) is 29.7 Å². The number of nitrogens with zero attached hydrogens (tertiary/aromatic N) is 1. The summed E-state index contributed by atoms with van der Waals surface area (Å²) in [5.41, 5.74) is 1.64. The summed E-state index contributed by atoms with van der Waals surface area (Å²) in [6.07, 6.45) is 0. The molecule has 0 spiro atoms. The van der Waals surface area contributed by atoms with Crippen LogP contribution in [0.15, 0.2) is 63.7 Å². The third-order valence-corrected chi connectivity index (χ3v) is 5.32. The van der Waals surface area contributed by atoms with Crippen LogP contribution in [-0.4, -0.2) is 15.3 Å². The van der Waals surface area contributed by atoms with Gasteiger partial charge in [0.2, 0.25) is 0 Å². The van der Waals surface area contributed by atoms with E-state index in [0.717, 1.165) is 0 Å². The Labute approximate surface area is 158 Å². The van der Waals surface area contributed by atoms with Gasteiger partial charge in [0.15, 0.2) is 5.78 Å². The number of Topliss-reactive ketones (excluding diaryl/α,β-unsaturated/α-hetero) is 1. The molecule has 0 saturated heterocycles. The Morgan fingerprint density at radius 3 is 2.50 bits per heavy atom. The van der Waals surface area contributed by atoms with Crippen molar-refractivity contribution in [2.24, 2.45) is 7.05 Å². The Morgan fingerprint density at radius 2 is 1.75 bits per heavy atom. The van der Waals surface area contributed by atoms with E-state index in [-0.39, 0.29) is 11.3 Å². The molecule has 7 heteroatoms. The number of rotatable bonds is 1. The van der Waals surface area contributed by atoms with Gasteiger partial charge in [-0.15, -0.1) is 0 Å². The molecule has 3 aromatic rings. The van der Waals surface area contributed by atoms with Gasteiger partial charge >= 0.3 is 5.69 Å². The van der Waals surface area contributed by atoms with Crippen LogP contribution in [0.5, 0.6) is 0 Å². The number of carbonyl (C=O) groups is 1. The predicted molar refractivity (Wildman–Crippen MR) is 102 cm³/mol. The van der Waals surface area contributed by atoms with Gasteiger partial charge in [-0.2, -0.15) is 0 Å².